The van der Waals surface area contributed by atoms with Crippen LogP contribution in [0.4, 0.5) is 0 Å². The summed E-state index contributed by atoms with van der Waals surface area (Å²) < 4.78 is 0. The monoisotopic (exact) mass is 375 g/mol. The van der Waals surface area contributed by atoms with Crippen LogP contribution in [0.1, 0.15) is 39.8 Å². The van der Waals surface area contributed by atoms with Crippen LogP contribution in [0.5, 0.6) is 0 Å². The molecular formula is C18H25N5S2. The van der Waals surface area contributed by atoms with E-state index >= 15 is 0 Å². The number of fused-ring (bicyclic) bond motifs is 1. The van der Waals surface area contributed by atoms with Crippen molar-refractivity contribution < 1.29 is 0 Å². The van der Waals surface area contributed by atoms with Gasteiger partial charge in [-0.2, -0.15) is 0 Å². The quantitative estimate of drug-likeness (QED) is 0.840. The number of hydrogen-bond donors (Lipinski definition) is 2. The third-order valence-electron chi connectivity index (χ3n) is 5.99. The maximum absolute atomic E-state index is 4.97. The molecule has 5 rings (SSSR count). The number of thiazole rings is 2. The van der Waals surface area contributed by atoms with Gasteiger partial charge in [0.25, 0.3) is 0 Å². The first-order valence-corrected chi connectivity index (χ1v) is 11.0. The number of nitrogens with zero attached hydrogens (tertiary/aromatic N) is 3. The molecule has 134 valence electrons. The predicted molar refractivity (Wildman–Crippen MR) is 102 cm³/mol. The standard InChI is InChI=1S/C18H25N5S2/c1-4-20-10-14-13(1)22-17(25-14)12-23(11-16-21-7-8-24-16)15-9-18(15)2-5-19-6-3-18/h7-8,15,19-20H,1-6,9-12H2. The van der Waals surface area contributed by atoms with Crippen molar-refractivity contribution in [3.8, 4) is 0 Å². The number of rotatable bonds is 5. The van der Waals surface area contributed by atoms with Gasteiger partial charge < -0.3 is 10.6 Å². The van der Waals surface area contributed by atoms with Gasteiger partial charge in [-0.25, -0.2) is 9.97 Å². The van der Waals surface area contributed by atoms with Gasteiger partial charge in [-0.15, -0.1) is 22.7 Å². The third-order valence-corrected chi connectivity index (χ3v) is 7.84. The third kappa shape index (κ3) is 3.28. The van der Waals surface area contributed by atoms with Crippen LogP contribution in [-0.4, -0.2) is 40.5 Å². The molecule has 2 N–H and O–H groups in total. The molecule has 0 bridgehead atoms. The van der Waals surface area contributed by atoms with Crippen molar-refractivity contribution in [2.75, 3.05) is 19.6 Å². The van der Waals surface area contributed by atoms with Gasteiger partial charge in [0.05, 0.1) is 18.8 Å². The van der Waals surface area contributed by atoms with E-state index in [1.54, 1.807) is 11.3 Å². The molecule has 1 atom stereocenters. The molecule has 1 saturated carbocycles. The van der Waals surface area contributed by atoms with Gasteiger partial charge in [-0.3, -0.25) is 4.90 Å². The van der Waals surface area contributed by atoms with E-state index in [-0.39, 0.29) is 0 Å². The molecule has 0 amide bonds. The van der Waals surface area contributed by atoms with Crippen LogP contribution in [0.2, 0.25) is 0 Å². The van der Waals surface area contributed by atoms with Crippen molar-refractivity contribution in [1.29, 1.82) is 0 Å². The van der Waals surface area contributed by atoms with Crippen LogP contribution in [0.25, 0.3) is 0 Å². The summed E-state index contributed by atoms with van der Waals surface area (Å²) in [6.45, 7) is 6.38. The molecule has 1 unspecified atom stereocenters. The molecule has 4 heterocycles. The first kappa shape index (κ1) is 16.3. The summed E-state index contributed by atoms with van der Waals surface area (Å²) in [4.78, 5) is 13.6. The fourth-order valence-electron chi connectivity index (χ4n) is 4.51. The lowest BCUT2D eigenvalue weighted by molar-refractivity contribution is 0.187. The Kier molecular flexibility index (Phi) is 4.38. The molecule has 5 nitrogen and oxygen atoms in total. The molecule has 0 radical (unpaired) electrons. The topological polar surface area (TPSA) is 53.1 Å². The van der Waals surface area contributed by atoms with E-state index in [1.807, 2.05) is 17.5 Å². The first-order valence-electron chi connectivity index (χ1n) is 9.34. The average Bonchev–Trinajstić information content (AvgIpc) is 3.02. The SMILES string of the molecule is c1csc(CN(Cc2nc3c(s2)CNCC3)C2CC23CCNCC3)n1. The average molecular weight is 376 g/mol. The summed E-state index contributed by atoms with van der Waals surface area (Å²) in [6, 6.07) is 0.706. The Morgan fingerprint density at radius 2 is 2.04 bits per heavy atom. The zero-order valence-electron chi connectivity index (χ0n) is 14.5. The number of nitrogens with one attached hydrogen (secondary N) is 2. The van der Waals surface area contributed by atoms with E-state index in [0.29, 0.717) is 11.5 Å². The van der Waals surface area contributed by atoms with Crippen molar-refractivity contribution in [3.63, 3.8) is 0 Å². The minimum Gasteiger partial charge on any atom is -0.317 e. The largest absolute Gasteiger partial charge is 0.317 e. The van der Waals surface area contributed by atoms with Crippen molar-refractivity contribution in [2.24, 2.45) is 5.41 Å². The molecule has 2 aliphatic heterocycles. The van der Waals surface area contributed by atoms with E-state index in [4.69, 9.17) is 4.98 Å². The fraction of sp³-hybridized carbons (Fsp3) is 0.667. The second kappa shape index (κ2) is 6.70. The summed E-state index contributed by atoms with van der Waals surface area (Å²) in [5.74, 6) is 0. The molecule has 2 aromatic rings. The molecule has 1 aliphatic carbocycles. The number of aromatic nitrogens is 2. The van der Waals surface area contributed by atoms with E-state index < -0.39 is 0 Å². The highest BCUT2D eigenvalue weighted by Crippen LogP contribution is 2.56. The maximum atomic E-state index is 4.97. The summed E-state index contributed by atoms with van der Waals surface area (Å²) >= 11 is 3.69. The molecule has 0 aromatic carbocycles. The number of hydrogen-bond acceptors (Lipinski definition) is 7. The second-order valence-electron chi connectivity index (χ2n) is 7.57. The fourth-order valence-corrected chi connectivity index (χ4v) is 6.26. The van der Waals surface area contributed by atoms with Gasteiger partial charge in [-0.1, -0.05) is 0 Å². The molecule has 2 fully saturated rings. The second-order valence-corrected chi connectivity index (χ2v) is 9.71. The Morgan fingerprint density at radius 3 is 2.84 bits per heavy atom. The van der Waals surface area contributed by atoms with E-state index in [2.05, 4.69) is 25.9 Å². The molecule has 1 spiro atoms. The van der Waals surface area contributed by atoms with Crippen LogP contribution in [-0.2, 0) is 26.1 Å². The van der Waals surface area contributed by atoms with E-state index in [9.17, 15) is 0 Å². The smallest absolute Gasteiger partial charge is 0.107 e. The van der Waals surface area contributed by atoms with Crippen molar-refractivity contribution in [3.05, 3.63) is 32.2 Å². The minimum atomic E-state index is 0.556. The summed E-state index contributed by atoms with van der Waals surface area (Å²) in [5, 5.41) is 11.6. The molecule has 3 aliphatic rings. The predicted octanol–water partition coefficient (Wildman–Crippen LogP) is 2.39. The first-order chi connectivity index (χ1) is 12.3. The maximum Gasteiger partial charge on any atom is 0.107 e. The minimum absolute atomic E-state index is 0.556. The van der Waals surface area contributed by atoms with Crippen LogP contribution < -0.4 is 10.6 Å². The lowest BCUT2D eigenvalue weighted by Crippen LogP contribution is -2.35. The molecule has 2 aromatic heterocycles. The van der Waals surface area contributed by atoms with Crippen LogP contribution in [0.3, 0.4) is 0 Å². The Labute approximate surface area is 156 Å². The lowest BCUT2D eigenvalue weighted by atomic mass is 9.93. The molecular weight excluding hydrogens is 350 g/mol. The molecule has 7 heteroatoms. The molecule has 1 saturated heterocycles. The van der Waals surface area contributed by atoms with Crippen molar-refractivity contribution in [1.82, 2.24) is 25.5 Å². The number of piperidine rings is 1. The van der Waals surface area contributed by atoms with Gasteiger partial charge in [0.15, 0.2) is 0 Å². The van der Waals surface area contributed by atoms with Gasteiger partial charge in [-0.05, 0) is 37.8 Å². The lowest BCUT2D eigenvalue weighted by Gasteiger charge is -2.28. The van der Waals surface area contributed by atoms with Gasteiger partial charge in [0.1, 0.15) is 10.0 Å². The van der Waals surface area contributed by atoms with Crippen molar-refractivity contribution >= 4 is 22.7 Å². The highest BCUT2D eigenvalue weighted by atomic mass is 32.1. The highest BCUT2D eigenvalue weighted by Gasteiger charge is 2.56. The summed E-state index contributed by atoms with van der Waals surface area (Å²) in [7, 11) is 0. The zero-order valence-corrected chi connectivity index (χ0v) is 16.1. The van der Waals surface area contributed by atoms with Gasteiger partial charge in [0.2, 0.25) is 0 Å². The Balaban J connectivity index is 1.35. The zero-order chi connectivity index (χ0) is 16.7. The molecule has 25 heavy (non-hydrogen) atoms. The van der Waals surface area contributed by atoms with E-state index in [1.165, 1.54) is 52.9 Å². The van der Waals surface area contributed by atoms with Crippen LogP contribution in [0.15, 0.2) is 11.6 Å². The Bertz CT molecular complexity index is 696. The summed E-state index contributed by atoms with van der Waals surface area (Å²) in [5.41, 5.74) is 1.89. The normalized spacial score (nSPS) is 24.6. The van der Waals surface area contributed by atoms with Gasteiger partial charge in [0, 0.05) is 42.0 Å². The van der Waals surface area contributed by atoms with Crippen LogP contribution >= 0.6 is 22.7 Å². The highest BCUT2D eigenvalue weighted by molar-refractivity contribution is 7.11. The Hall–Kier alpha value is -0.860. The van der Waals surface area contributed by atoms with Gasteiger partial charge >= 0.3 is 0 Å². The van der Waals surface area contributed by atoms with Crippen molar-refractivity contribution in [2.45, 2.75) is 51.4 Å². The Morgan fingerprint density at radius 1 is 1.16 bits per heavy atom. The van der Waals surface area contributed by atoms with E-state index in [0.717, 1.165) is 32.6 Å². The van der Waals surface area contributed by atoms with Crippen LogP contribution in [0, 0.1) is 5.41 Å². The summed E-state index contributed by atoms with van der Waals surface area (Å²) in [6.07, 6.45) is 7.01.